The number of nitrogens with one attached hydrogen (secondary N) is 2. The van der Waals surface area contributed by atoms with E-state index in [9.17, 15) is 0 Å². The van der Waals surface area contributed by atoms with Crippen LogP contribution in [-0.4, -0.2) is 25.1 Å². The van der Waals surface area contributed by atoms with E-state index in [0.29, 0.717) is 5.65 Å². The highest BCUT2D eigenvalue weighted by atomic mass is 15.2. The van der Waals surface area contributed by atoms with Crippen molar-refractivity contribution < 1.29 is 0 Å². The molecule has 0 aromatic carbocycles. The molecule has 6 heteroatoms. The first-order valence-electron chi connectivity index (χ1n) is 4.45. The fraction of sp³-hybridized carbons (Fsp3) is 0. The van der Waals surface area contributed by atoms with Crippen LogP contribution in [-0.2, 0) is 0 Å². The molecule has 3 aromatic heterocycles. The fourth-order valence-corrected chi connectivity index (χ4v) is 1.54. The largest absolute Gasteiger partial charge is 0.368 e. The molecule has 0 saturated heterocycles. The molecular formula is C9H8N6. The van der Waals surface area contributed by atoms with Crippen molar-refractivity contribution in [2.45, 2.75) is 0 Å². The van der Waals surface area contributed by atoms with Gasteiger partial charge in [-0.15, -0.1) is 0 Å². The highest BCUT2D eigenvalue weighted by molar-refractivity contribution is 5.89. The van der Waals surface area contributed by atoms with E-state index in [0.717, 1.165) is 16.8 Å². The third-order valence-electron chi connectivity index (χ3n) is 2.18. The van der Waals surface area contributed by atoms with Crippen LogP contribution < -0.4 is 5.73 Å². The first-order valence-corrected chi connectivity index (χ1v) is 4.45. The van der Waals surface area contributed by atoms with E-state index in [1.54, 1.807) is 6.20 Å². The zero-order valence-corrected chi connectivity index (χ0v) is 7.73. The molecule has 6 nitrogen and oxygen atoms in total. The maximum atomic E-state index is 5.61. The molecule has 0 aliphatic rings. The SMILES string of the molecule is Nc1nc(-c2ccc[nH]2)c2cn[nH]c2n1. The van der Waals surface area contributed by atoms with Gasteiger partial charge in [0.15, 0.2) is 5.65 Å². The smallest absolute Gasteiger partial charge is 0.222 e. The molecule has 0 saturated carbocycles. The molecule has 0 aliphatic heterocycles. The van der Waals surface area contributed by atoms with Gasteiger partial charge in [-0.25, -0.2) is 4.98 Å². The van der Waals surface area contributed by atoms with Crippen LogP contribution in [0.2, 0.25) is 0 Å². The van der Waals surface area contributed by atoms with Gasteiger partial charge < -0.3 is 10.7 Å². The first kappa shape index (κ1) is 7.98. The average molecular weight is 200 g/mol. The second-order valence-corrected chi connectivity index (χ2v) is 3.15. The van der Waals surface area contributed by atoms with Crippen LogP contribution in [0.1, 0.15) is 0 Å². The molecule has 0 fully saturated rings. The maximum absolute atomic E-state index is 5.61. The Hall–Kier alpha value is -2.37. The average Bonchev–Trinajstić information content (AvgIpc) is 2.86. The van der Waals surface area contributed by atoms with Crippen LogP contribution in [0, 0.1) is 0 Å². The van der Waals surface area contributed by atoms with E-state index in [2.05, 4.69) is 25.1 Å². The number of nitrogen functional groups attached to an aromatic ring is 1. The summed E-state index contributed by atoms with van der Waals surface area (Å²) in [5.41, 5.74) is 7.91. The molecule has 3 aromatic rings. The van der Waals surface area contributed by atoms with Crippen molar-refractivity contribution in [2.75, 3.05) is 5.73 Å². The second kappa shape index (κ2) is 2.81. The molecule has 0 spiro atoms. The highest BCUT2D eigenvalue weighted by Gasteiger charge is 2.09. The maximum Gasteiger partial charge on any atom is 0.222 e. The number of anilines is 1. The summed E-state index contributed by atoms with van der Waals surface area (Å²) in [6, 6.07) is 3.83. The number of H-pyrrole nitrogens is 2. The van der Waals surface area contributed by atoms with Gasteiger partial charge in [-0.05, 0) is 12.1 Å². The lowest BCUT2D eigenvalue weighted by molar-refractivity contribution is 1.09. The topological polar surface area (TPSA) is 96.3 Å². The Balaban J connectivity index is 2.38. The molecule has 3 rings (SSSR count). The number of hydrogen-bond donors (Lipinski definition) is 3. The van der Waals surface area contributed by atoms with Crippen LogP contribution in [0.3, 0.4) is 0 Å². The van der Waals surface area contributed by atoms with Gasteiger partial charge in [0.1, 0.15) is 5.69 Å². The summed E-state index contributed by atoms with van der Waals surface area (Å²) in [6.07, 6.45) is 3.52. The summed E-state index contributed by atoms with van der Waals surface area (Å²) in [5.74, 6) is 0.233. The molecule has 3 heterocycles. The minimum Gasteiger partial charge on any atom is -0.368 e. The molecule has 15 heavy (non-hydrogen) atoms. The van der Waals surface area contributed by atoms with E-state index in [4.69, 9.17) is 5.73 Å². The van der Waals surface area contributed by atoms with Gasteiger partial charge in [-0.3, -0.25) is 5.10 Å². The van der Waals surface area contributed by atoms with E-state index in [-0.39, 0.29) is 5.95 Å². The summed E-state index contributed by atoms with van der Waals surface area (Å²) in [5, 5.41) is 7.54. The summed E-state index contributed by atoms with van der Waals surface area (Å²) < 4.78 is 0. The number of aromatic amines is 2. The van der Waals surface area contributed by atoms with Gasteiger partial charge in [-0.1, -0.05) is 0 Å². The molecular weight excluding hydrogens is 192 g/mol. The van der Waals surface area contributed by atoms with Crippen molar-refractivity contribution in [3.05, 3.63) is 24.5 Å². The van der Waals surface area contributed by atoms with Gasteiger partial charge in [-0.2, -0.15) is 10.1 Å². The Morgan fingerprint density at radius 1 is 1.27 bits per heavy atom. The van der Waals surface area contributed by atoms with E-state index >= 15 is 0 Å². The van der Waals surface area contributed by atoms with Crippen molar-refractivity contribution in [3.63, 3.8) is 0 Å². The molecule has 0 radical (unpaired) electrons. The fourth-order valence-electron chi connectivity index (χ4n) is 1.54. The molecule has 74 valence electrons. The van der Waals surface area contributed by atoms with E-state index in [1.807, 2.05) is 18.3 Å². The summed E-state index contributed by atoms with van der Waals surface area (Å²) in [4.78, 5) is 11.3. The lowest BCUT2D eigenvalue weighted by Gasteiger charge is -1.99. The summed E-state index contributed by atoms with van der Waals surface area (Å²) in [7, 11) is 0. The third-order valence-corrected chi connectivity index (χ3v) is 2.18. The van der Waals surface area contributed by atoms with Crippen LogP contribution in [0.5, 0.6) is 0 Å². The Bertz CT molecular complexity index is 594. The predicted octanol–water partition coefficient (Wildman–Crippen LogP) is 0.930. The molecule has 4 N–H and O–H groups in total. The predicted molar refractivity (Wildman–Crippen MR) is 55.9 cm³/mol. The van der Waals surface area contributed by atoms with Crippen molar-refractivity contribution in [3.8, 4) is 11.4 Å². The Kier molecular flexibility index (Phi) is 1.49. The first-order chi connectivity index (χ1) is 7.34. The van der Waals surface area contributed by atoms with Crippen molar-refractivity contribution >= 4 is 17.0 Å². The number of aromatic nitrogens is 5. The number of fused-ring (bicyclic) bond motifs is 1. The van der Waals surface area contributed by atoms with Gasteiger partial charge in [0.2, 0.25) is 5.95 Å². The molecule has 0 bridgehead atoms. The zero-order valence-electron chi connectivity index (χ0n) is 7.73. The van der Waals surface area contributed by atoms with Gasteiger partial charge in [0, 0.05) is 6.20 Å². The van der Waals surface area contributed by atoms with Crippen molar-refractivity contribution in [2.24, 2.45) is 0 Å². The van der Waals surface area contributed by atoms with E-state index in [1.165, 1.54) is 0 Å². The van der Waals surface area contributed by atoms with E-state index < -0.39 is 0 Å². The van der Waals surface area contributed by atoms with Gasteiger partial charge >= 0.3 is 0 Å². The van der Waals surface area contributed by atoms with Gasteiger partial charge in [0.25, 0.3) is 0 Å². The minimum absolute atomic E-state index is 0.233. The zero-order chi connectivity index (χ0) is 10.3. The molecule has 0 atom stereocenters. The number of nitrogens with zero attached hydrogens (tertiary/aromatic N) is 3. The summed E-state index contributed by atoms with van der Waals surface area (Å²) in [6.45, 7) is 0. The van der Waals surface area contributed by atoms with Gasteiger partial charge in [0.05, 0.1) is 17.3 Å². The normalized spacial score (nSPS) is 10.9. The quantitative estimate of drug-likeness (QED) is 0.544. The van der Waals surface area contributed by atoms with Crippen molar-refractivity contribution in [1.82, 2.24) is 25.1 Å². The van der Waals surface area contributed by atoms with Crippen LogP contribution >= 0.6 is 0 Å². The molecule has 0 aliphatic carbocycles. The summed E-state index contributed by atoms with van der Waals surface area (Å²) >= 11 is 0. The van der Waals surface area contributed by atoms with Crippen LogP contribution in [0.25, 0.3) is 22.4 Å². The lowest BCUT2D eigenvalue weighted by atomic mass is 10.2. The van der Waals surface area contributed by atoms with Crippen molar-refractivity contribution in [1.29, 1.82) is 0 Å². The number of hydrogen-bond acceptors (Lipinski definition) is 4. The number of nitrogens with two attached hydrogens (primary N) is 1. The van der Waals surface area contributed by atoms with Crippen LogP contribution in [0.15, 0.2) is 24.5 Å². The van der Waals surface area contributed by atoms with Crippen LogP contribution in [0.4, 0.5) is 5.95 Å². The highest BCUT2D eigenvalue weighted by Crippen LogP contribution is 2.23. The Morgan fingerprint density at radius 3 is 3.00 bits per heavy atom. The monoisotopic (exact) mass is 200 g/mol. The third kappa shape index (κ3) is 1.15. The number of rotatable bonds is 1. The lowest BCUT2D eigenvalue weighted by Crippen LogP contribution is -1.97. The Morgan fingerprint density at radius 2 is 2.20 bits per heavy atom. The molecule has 0 unspecified atom stereocenters. The molecule has 0 amide bonds. The standard InChI is InChI=1S/C9H8N6/c10-9-13-7(6-2-1-3-11-6)5-4-12-15-8(5)14-9/h1-4,11H,(H3,10,12,13,14,15). The minimum atomic E-state index is 0.233. The Labute approximate surface area is 84.6 Å². The second-order valence-electron chi connectivity index (χ2n) is 3.15.